The standard InChI is InChI=1S/C23H23N5O3/c1-3-21-26-28(23(30)19-12-20-18(27(19)21)9-11-31-20)14(2)22(29)24-10-8-15-13-25-17-7-5-4-6-16(15)17/h4-7,9,11-14,25H,3,8,10H2,1-2H3,(H,24,29)/t14-/m1/s1. The summed E-state index contributed by atoms with van der Waals surface area (Å²) in [4.78, 5) is 29.1. The zero-order valence-corrected chi connectivity index (χ0v) is 17.4. The smallest absolute Gasteiger partial charge is 0.291 e. The summed E-state index contributed by atoms with van der Waals surface area (Å²) < 4.78 is 8.52. The Kier molecular flexibility index (Phi) is 4.62. The highest BCUT2D eigenvalue weighted by Gasteiger charge is 2.22. The Bertz CT molecular complexity index is 1470. The maximum Gasteiger partial charge on any atom is 0.291 e. The van der Waals surface area contributed by atoms with Gasteiger partial charge in [0.05, 0.1) is 11.8 Å². The van der Waals surface area contributed by atoms with Crippen LogP contribution >= 0.6 is 0 Å². The largest absolute Gasteiger partial charge is 0.463 e. The van der Waals surface area contributed by atoms with E-state index in [1.54, 1.807) is 23.7 Å². The second-order valence-electron chi connectivity index (χ2n) is 7.63. The van der Waals surface area contributed by atoms with E-state index in [1.807, 2.05) is 37.4 Å². The van der Waals surface area contributed by atoms with Crippen molar-refractivity contribution in [3.8, 4) is 0 Å². The number of hydrogen-bond acceptors (Lipinski definition) is 4. The summed E-state index contributed by atoms with van der Waals surface area (Å²) in [6, 6.07) is 10.9. The van der Waals surface area contributed by atoms with Crippen molar-refractivity contribution in [1.29, 1.82) is 0 Å². The fourth-order valence-corrected chi connectivity index (χ4v) is 4.10. The van der Waals surface area contributed by atoms with Gasteiger partial charge in [-0.15, -0.1) is 0 Å². The molecule has 0 unspecified atom stereocenters. The normalized spacial score (nSPS) is 12.7. The molecule has 0 radical (unpaired) electrons. The zero-order chi connectivity index (χ0) is 21.5. The highest BCUT2D eigenvalue weighted by Crippen LogP contribution is 2.21. The Hall–Kier alpha value is -3.81. The molecule has 0 aliphatic carbocycles. The van der Waals surface area contributed by atoms with Gasteiger partial charge < -0.3 is 14.7 Å². The predicted octanol–water partition coefficient (Wildman–Crippen LogP) is 3.21. The van der Waals surface area contributed by atoms with Crippen molar-refractivity contribution in [2.24, 2.45) is 0 Å². The maximum absolute atomic E-state index is 13.1. The lowest BCUT2D eigenvalue weighted by molar-refractivity contribution is -0.124. The number of carbonyl (C=O) groups is 1. The molecule has 0 saturated heterocycles. The van der Waals surface area contributed by atoms with Gasteiger partial charge >= 0.3 is 0 Å². The minimum absolute atomic E-state index is 0.240. The first-order valence-electron chi connectivity index (χ1n) is 10.4. The van der Waals surface area contributed by atoms with Gasteiger partial charge in [0.15, 0.2) is 5.58 Å². The molecular weight excluding hydrogens is 394 g/mol. The van der Waals surface area contributed by atoms with Gasteiger partial charge in [0.2, 0.25) is 5.91 Å². The Morgan fingerprint density at radius 2 is 2.10 bits per heavy atom. The summed E-state index contributed by atoms with van der Waals surface area (Å²) in [5.74, 6) is 0.459. The molecule has 0 bridgehead atoms. The van der Waals surface area contributed by atoms with Gasteiger partial charge in [-0.3, -0.25) is 14.0 Å². The van der Waals surface area contributed by atoms with E-state index in [-0.39, 0.29) is 11.5 Å². The Morgan fingerprint density at radius 3 is 2.94 bits per heavy atom. The van der Waals surface area contributed by atoms with Crippen molar-refractivity contribution < 1.29 is 9.21 Å². The molecule has 8 heteroatoms. The number of aromatic amines is 1. The molecule has 2 N–H and O–H groups in total. The van der Waals surface area contributed by atoms with Crippen LogP contribution in [0.25, 0.3) is 27.5 Å². The first-order valence-corrected chi connectivity index (χ1v) is 10.4. The first-order chi connectivity index (χ1) is 15.1. The fourth-order valence-electron chi connectivity index (χ4n) is 4.10. The molecule has 5 aromatic rings. The zero-order valence-electron chi connectivity index (χ0n) is 17.4. The lowest BCUT2D eigenvalue weighted by Crippen LogP contribution is -2.39. The average molecular weight is 417 g/mol. The number of carbonyl (C=O) groups excluding carboxylic acids is 1. The predicted molar refractivity (Wildman–Crippen MR) is 118 cm³/mol. The van der Waals surface area contributed by atoms with Crippen molar-refractivity contribution in [1.82, 2.24) is 24.5 Å². The van der Waals surface area contributed by atoms with E-state index < -0.39 is 6.04 Å². The van der Waals surface area contributed by atoms with Crippen molar-refractivity contribution in [3.63, 3.8) is 0 Å². The molecule has 4 heterocycles. The highest BCUT2D eigenvalue weighted by atomic mass is 16.3. The van der Waals surface area contributed by atoms with Crippen LogP contribution in [0.4, 0.5) is 0 Å². The van der Waals surface area contributed by atoms with Gasteiger partial charge in [0, 0.05) is 42.2 Å². The van der Waals surface area contributed by atoms with Crippen LogP contribution in [0.5, 0.6) is 0 Å². The third-order valence-corrected chi connectivity index (χ3v) is 5.76. The molecule has 31 heavy (non-hydrogen) atoms. The van der Waals surface area contributed by atoms with Crippen molar-refractivity contribution in [2.75, 3.05) is 6.54 Å². The van der Waals surface area contributed by atoms with Crippen LogP contribution in [0.3, 0.4) is 0 Å². The van der Waals surface area contributed by atoms with E-state index in [9.17, 15) is 9.59 Å². The van der Waals surface area contributed by atoms with Gasteiger partial charge in [-0.25, -0.2) is 4.68 Å². The molecule has 0 fully saturated rings. The lowest BCUT2D eigenvalue weighted by atomic mass is 10.1. The number of rotatable bonds is 6. The van der Waals surface area contributed by atoms with Crippen LogP contribution < -0.4 is 10.9 Å². The third-order valence-electron chi connectivity index (χ3n) is 5.76. The summed E-state index contributed by atoms with van der Waals surface area (Å²) in [5.41, 5.74) is 3.79. The number of aromatic nitrogens is 4. The van der Waals surface area contributed by atoms with Crippen LogP contribution in [0.2, 0.25) is 0 Å². The fraction of sp³-hybridized carbons (Fsp3) is 0.261. The average Bonchev–Trinajstić information content (AvgIpc) is 3.49. The maximum atomic E-state index is 13.1. The lowest BCUT2D eigenvalue weighted by Gasteiger charge is -2.16. The van der Waals surface area contributed by atoms with Gasteiger partial charge in [-0.2, -0.15) is 5.10 Å². The molecule has 0 aliphatic heterocycles. The van der Waals surface area contributed by atoms with E-state index in [4.69, 9.17) is 4.42 Å². The highest BCUT2D eigenvalue weighted by molar-refractivity contribution is 5.84. The van der Waals surface area contributed by atoms with E-state index in [1.165, 1.54) is 4.68 Å². The van der Waals surface area contributed by atoms with Gasteiger partial charge in [0.25, 0.3) is 5.56 Å². The van der Waals surface area contributed by atoms with Crippen molar-refractivity contribution in [3.05, 3.63) is 70.6 Å². The summed E-state index contributed by atoms with van der Waals surface area (Å²) in [6.45, 7) is 4.13. The number of para-hydroxylation sites is 1. The first kappa shape index (κ1) is 19.2. The summed E-state index contributed by atoms with van der Waals surface area (Å²) in [5, 5.41) is 8.59. The minimum Gasteiger partial charge on any atom is -0.463 e. The van der Waals surface area contributed by atoms with Crippen molar-refractivity contribution >= 4 is 33.4 Å². The quantitative estimate of drug-likeness (QED) is 0.443. The number of nitrogens with zero attached hydrogens (tertiary/aromatic N) is 3. The number of furan rings is 1. The van der Waals surface area contributed by atoms with Crippen LogP contribution in [0.15, 0.2) is 58.1 Å². The Labute approximate surface area is 177 Å². The number of H-pyrrole nitrogens is 1. The molecule has 0 saturated carbocycles. The summed E-state index contributed by atoms with van der Waals surface area (Å²) in [6.07, 6.45) is 4.86. The molecule has 0 aliphatic rings. The summed E-state index contributed by atoms with van der Waals surface area (Å²) in [7, 11) is 0. The van der Waals surface area contributed by atoms with E-state index in [0.29, 0.717) is 36.3 Å². The summed E-state index contributed by atoms with van der Waals surface area (Å²) >= 11 is 0. The van der Waals surface area contributed by atoms with E-state index in [0.717, 1.165) is 22.0 Å². The molecule has 4 aromatic heterocycles. The SMILES string of the molecule is CCc1nn([C@H](C)C(=O)NCCc2c[nH]c3ccccc23)c(=O)c2cc3occc3n12. The van der Waals surface area contributed by atoms with E-state index >= 15 is 0 Å². The molecule has 5 rings (SSSR count). The van der Waals surface area contributed by atoms with Crippen LogP contribution in [0.1, 0.15) is 31.3 Å². The van der Waals surface area contributed by atoms with Gasteiger partial charge in [0.1, 0.15) is 17.4 Å². The topological polar surface area (TPSA) is 97.3 Å². The molecule has 8 nitrogen and oxygen atoms in total. The van der Waals surface area contributed by atoms with Crippen LogP contribution in [-0.2, 0) is 17.6 Å². The second-order valence-corrected chi connectivity index (χ2v) is 7.63. The molecular formula is C23H23N5O3. The molecule has 1 amide bonds. The van der Waals surface area contributed by atoms with Crippen molar-refractivity contribution in [2.45, 2.75) is 32.7 Å². The number of amides is 1. The van der Waals surface area contributed by atoms with Gasteiger partial charge in [-0.1, -0.05) is 25.1 Å². The molecule has 1 atom stereocenters. The third kappa shape index (κ3) is 3.11. The number of aryl methyl sites for hydroxylation is 1. The Balaban J connectivity index is 1.37. The second kappa shape index (κ2) is 7.46. The van der Waals surface area contributed by atoms with Gasteiger partial charge in [-0.05, 0) is 25.0 Å². The van der Waals surface area contributed by atoms with E-state index in [2.05, 4.69) is 21.5 Å². The number of hydrogen-bond donors (Lipinski definition) is 2. The molecule has 0 spiro atoms. The molecule has 1 aromatic carbocycles. The number of nitrogens with one attached hydrogen (secondary N) is 2. The molecule has 158 valence electrons. The monoisotopic (exact) mass is 417 g/mol. The Morgan fingerprint density at radius 1 is 1.26 bits per heavy atom. The van der Waals surface area contributed by atoms with Crippen LogP contribution in [-0.4, -0.2) is 31.6 Å². The van der Waals surface area contributed by atoms with Crippen LogP contribution in [0, 0.1) is 0 Å². The number of fused-ring (bicyclic) bond motifs is 4. The minimum atomic E-state index is -0.730. The number of benzene rings is 1.